The van der Waals surface area contributed by atoms with Crippen LogP contribution in [0.5, 0.6) is 0 Å². The fraction of sp³-hybridized carbons (Fsp3) is 0.929. The van der Waals surface area contributed by atoms with Gasteiger partial charge in [-0.05, 0) is 31.6 Å². The highest BCUT2D eigenvalue weighted by atomic mass is 16.5. The van der Waals surface area contributed by atoms with Gasteiger partial charge in [0.1, 0.15) is 6.10 Å². The van der Waals surface area contributed by atoms with E-state index < -0.39 is 6.10 Å². The molecular formula is C14H26N2O2. The van der Waals surface area contributed by atoms with E-state index in [0.717, 1.165) is 19.4 Å². The lowest BCUT2D eigenvalue weighted by molar-refractivity contribution is -0.142. The monoisotopic (exact) mass is 254 g/mol. The van der Waals surface area contributed by atoms with Crippen LogP contribution in [0.25, 0.3) is 0 Å². The molecule has 2 aliphatic rings. The van der Waals surface area contributed by atoms with Crippen molar-refractivity contribution in [3.63, 3.8) is 0 Å². The molecule has 1 amide bonds. The molecule has 0 heterocycles. The van der Waals surface area contributed by atoms with Crippen LogP contribution in [0.1, 0.15) is 44.9 Å². The molecule has 0 bridgehead atoms. The van der Waals surface area contributed by atoms with E-state index in [2.05, 4.69) is 4.90 Å². The van der Waals surface area contributed by atoms with Gasteiger partial charge in [-0.25, -0.2) is 0 Å². The van der Waals surface area contributed by atoms with Crippen LogP contribution in [0, 0.1) is 5.92 Å². The molecule has 0 saturated heterocycles. The molecule has 1 unspecified atom stereocenters. The van der Waals surface area contributed by atoms with E-state index in [9.17, 15) is 4.79 Å². The highest BCUT2D eigenvalue weighted by Crippen LogP contribution is 2.31. The summed E-state index contributed by atoms with van der Waals surface area (Å²) in [5, 5.41) is 0. The zero-order chi connectivity index (χ0) is 13.0. The van der Waals surface area contributed by atoms with E-state index in [1.54, 1.807) is 7.11 Å². The molecule has 2 rings (SSSR count). The van der Waals surface area contributed by atoms with Crippen molar-refractivity contribution in [1.29, 1.82) is 0 Å². The van der Waals surface area contributed by atoms with Crippen molar-refractivity contribution in [3.8, 4) is 0 Å². The molecular weight excluding hydrogens is 228 g/mol. The first-order valence-electron chi connectivity index (χ1n) is 7.29. The second-order valence-corrected chi connectivity index (χ2v) is 5.69. The van der Waals surface area contributed by atoms with Gasteiger partial charge in [-0.3, -0.25) is 4.79 Å². The minimum Gasteiger partial charge on any atom is -0.370 e. The number of carbonyl (C=O) groups is 1. The molecule has 104 valence electrons. The second kappa shape index (κ2) is 6.53. The summed E-state index contributed by atoms with van der Waals surface area (Å²) < 4.78 is 5.19. The molecule has 0 aromatic rings. The van der Waals surface area contributed by atoms with E-state index in [1.807, 2.05) is 0 Å². The molecule has 2 fully saturated rings. The van der Waals surface area contributed by atoms with Crippen LogP contribution in [-0.2, 0) is 9.53 Å². The van der Waals surface area contributed by atoms with Crippen molar-refractivity contribution in [3.05, 3.63) is 0 Å². The van der Waals surface area contributed by atoms with Crippen LogP contribution in [0.3, 0.4) is 0 Å². The van der Waals surface area contributed by atoms with Crippen LogP contribution < -0.4 is 5.73 Å². The van der Waals surface area contributed by atoms with Gasteiger partial charge >= 0.3 is 0 Å². The Morgan fingerprint density at radius 2 is 1.94 bits per heavy atom. The predicted octanol–water partition coefficient (Wildman–Crippen LogP) is 1.53. The third-order valence-electron chi connectivity index (χ3n) is 4.22. The third-order valence-corrected chi connectivity index (χ3v) is 4.22. The van der Waals surface area contributed by atoms with Crippen LogP contribution in [0.15, 0.2) is 0 Å². The fourth-order valence-corrected chi connectivity index (χ4v) is 2.94. The molecule has 0 spiro atoms. The lowest BCUT2D eigenvalue weighted by atomic mass is 9.89. The average Bonchev–Trinajstić information content (AvgIpc) is 3.23. The minimum absolute atomic E-state index is 0.105. The average molecular weight is 254 g/mol. The lowest BCUT2D eigenvalue weighted by Gasteiger charge is -2.31. The zero-order valence-electron chi connectivity index (χ0n) is 11.4. The van der Waals surface area contributed by atoms with Crippen LogP contribution in [0.2, 0.25) is 0 Å². The number of carbonyl (C=O) groups excluding carboxylic acids is 1. The maximum Gasteiger partial charge on any atom is 0.253 e. The van der Waals surface area contributed by atoms with E-state index in [0.29, 0.717) is 12.0 Å². The number of methoxy groups -OCH3 is 1. The maximum atomic E-state index is 12.4. The number of hydrogen-bond acceptors (Lipinski definition) is 3. The quantitative estimate of drug-likeness (QED) is 0.782. The number of hydrogen-bond donors (Lipinski definition) is 1. The van der Waals surface area contributed by atoms with Gasteiger partial charge in [-0.1, -0.05) is 19.3 Å². The number of rotatable bonds is 6. The van der Waals surface area contributed by atoms with Gasteiger partial charge in [0.25, 0.3) is 5.91 Å². The van der Waals surface area contributed by atoms with Crippen molar-refractivity contribution in [1.82, 2.24) is 4.90 Å². The summed E-state index contributed by atoms with van der Waals surface area (Å²) in [5.74, 6) is 0.798. The maximum absolute atomic E-state index is 12.4. The Labute approximate surface area is 110 Å². The molecule has 4 nitrogen and oxygen atoms in total. The van der Waals surface area contributed by atoms with Crippen molar-refractivity contribution in [2.24, 2.45) is 11.7 Å². The van der Waals surface area contributed by atoms with Crippen molar-refractivity contribution in [2.45, 2.75) is 57.1 Å². The highest BCUT2D eigenvalue weighted by Gasteiger charge is 2.36. The van der Waals surface area contributed by atoms with E-state index in [1.165, 1.54) is 32.1 Å². The van der Waals surface area contributed by atoms with Gasteiger partial charge < -0.3 is 15.4 Å². The lowest BCUT2D eigenvalue weighted by Crippen LogP contribution is -2.46. The minimum atomic E-state index is -0.450. The number of amides is 1. The molecule has 0 aromatic carbocycles. The Balaban J connectivity index is 1.92. The Morgan fingerprint density at radius 3 is 2.44 bits per heavy atom. The summed E-state index contributed by atoms with van der Waals surface area (Å²) in [6.45, 7) is 1.20. The summed E-state index contributed by atoms with van der Waals surface area (Å²) in [7, 11) is 1.57. The normalized spacial score (nSPS) is 22.8. The number of nitrogens with two attached hydrogens (primary N) is 1. The Morgan fingerprint density at radius 1 is 1.28 bits per heavy atom. The van der Waals surface area contributed by atoms with Crippen LogP contribution in [-0.4, -0.2) is 43.2 Å². The Kier molecular flexibility index (Phi) is 5.01. The number of ether oxygens (including phenoxy) is 1. The molecule has 2 N–H and O–H groups in total. The summed E-state index contributed by atoms with van der Waals surface area (Å²) in [6.07, 6.45) is 8.41. The van der Waals surface area contributed by atoms with Gasteiger partial charge in [0.15, 0.2) is 0 Å². The first-order valence-corrected chi connectivity index (χ1v) is 7.29. The van der Waals surface area contributed by atoms with Gasteiger partial charge in [0.2, 0.25) is 0 Å². The predicted molar refractivity (Wildman–Crippen MR) is 71.2 cm³/mol. The largest absolute Gasteiger partial charge is 0.370 e. The second-order valence-electron chi connectivity index (χ2n) is 5.69. The zero-order valence-corrected chi connectivity index (χ0v) is 11.4. The van der Waals surface area contributed by atoms with Crippen LogP contribution >= 0.6 is 0 Å². The summed E-state index contributed by atoms with van der Waals surface area (Å²) >= 11 is 0. The summed E-state index contributed by atoms with van der Waals surface area (Å²) in [4.78, 5) is 14.4. The SMILES string of the molecule is COC(CN)C(=O)N(CC1CCCCC1)C1CC1. The first kappa shape index (κ1) is 13.8. The topological polar surface area (TPSA) is 55.6 Å². The highest BCUT2D eigenvalue weighted by molar-refractivity contribution is 5.81. The smallest absolute Gasteiger partial charge is 0.253 e. The molecule has 1 atom stereocenters. The van der Waals surface area contributed by atoms with Crippen molar-refractivity contribution >= 4 is 5.91 Å². The van der Waals surface area contributed by atoms with E-state index >= 15 is 0 Å². The fourth-order valence-electron chi connectivity index (χ4n) is 2.94. The van der Waals surface area contributed by atoms with Crippen molar-refractivity contribution in [2.75, 3.05) is 20.2 Å². The standard InChI is InChI=1S/C14H26N2O2/c1-18-13(9-15)14(17)16(12-7-8-12)10-11-5-3-2-4-6-11/h11-13H,2-10,15H2,1H3. The summed E-state index contributed by atoms with van der Waals surface area (Å²) in [6, 6.07) is 0.462. The van der Waals surface area contributed by atoms with E-state index in [4.69, 9.17) is 10.5 Å². The summed E-state index contributed by atoms with van der Waals surface area (Å²) in [5.41, 5.74) is 5.60. The van der Waals surface area contributed by atoms with Gasteiger partial charge in [0, 0.05) is 26.2 Å². The number of nitrogens with zero attached hydrogens (tertiary/aromatic N) is 1. The Hall–Kier alpha value is -0.610. The first-order chi connectivity index (χ1) is 8.76. The van der Waals surface area contributed by atoms with Crippen LogP contribution in [0.4, 0.5) is 0 Å². The van der Waals surface area contributed by atoms with Gasteiger partial charge in [-0.2, -0.15) is 0 Å². The third kappa shape index (κ3) is 3.45. The molecule has 2 saturated carbocycles. The van der Waals surface area contributed by atoms with Gasteiger partial charge in [0.05, 0.1) is 0 Å². The molecule has 4 heteroatoms. The molecule has 0 radical (unpaired) electrons. The van der Waals surface area contributed by atoms with Crippen molar-refractivity contribution < 1.29 is 9.53 Å². The Bertz CT molecular complexity index is 269. The molecule has 18 heavy (non-hydrogen) atoms. The molecule has 2 aliphatic carbocycles. The van der Waals surface area contributed by atoms with Gasteiger partial charge in [-0.15, -0.1) is 0 Å². The molecule has 0 aromatic heterocycles. The molecule has 0 aliphatic heterocycles. The van der Waals surface area contributed by atoms with E-state index in [-0.39, 0.29) is 12.5 Å².